The van der Waals surface area contributed by atoms with Gasteiger partial charge in [-0.15, -0.1) is 11.3 Å². The van der Waals surface area contributed by atoms with Crippen LogP contribution in [0, 0.1) is 0 Å². The first kappa shape index (κ1) is 22.2. The lowest BCUT2D eigenvalue weighted by Gasteiger charge is -2.13. The third kappa shape index (κ3) is 5.75. The highest BCUT2D eigenvalue weighted by Crippen LogP contribution is 2.32. The number of carbonyl (C=O) groups is 1. The molecular formula is C22H20Cl2N2O3S. The van der Waals surface area contributed by atoms with Crippen LogP contribution in [-0.4, -0.2) is 24.1 Å². The van der Waals surface area contributed by atoms with Crippen molar-refractivity contribution < 1.29 is 14.3 Å². The normalized spacial score (nSPS) is 11.1. The number of aromatic nitrogens is 1. The highest BCUT2D eigenvalue weighted by atomic mass is 35.5. The van der Waals surface area contributed by atoms with E-state index in [1.165, 1.54) is 17.4 Å². The van der Waals surface area contributed by atoms with Crippen molar-refractivity contribution in [1.29, 1.82) is 0 Å². The lowest BCUT2D eigenvalue weighted by molar-refractivity contribution is -0.111. The van der Waals surface area contributed by atoms with Crippen molar-refractivity contribution in [3.05, 3.63) is 63.5 Å². The topological polar surface area (TPSA) is 60.5 Å². The van der Waals surface area contributed by atoms with Gasteiger partial charge in [0.15, 0.2) is 16.6 Å². The van der Waals surface area contributed by atoms with E-state index in [1.54, 1.807) is 31.4 Å². The molecule has 0 aliphatic heterocycles. The van der Waals surface area contributed by atoms with Gasteiger partial charge in [0, 0.05) is 22.0 Å². The number of amides is 1. The number of thiazole rings is 1. The van der Waals surface area contributed by atoms with Crippen LogP contribution in [0.15, 0.2) is 47.9 Å². The van der Waals surface area contributed by atoms with Gasteiger partial charge in [0.1, 0.15) is 0 Å². The number of benzene rings is 2. The molecule has 156 valence electrons. The molecule has 3 rings (SSSR count). The number of rotatable bonds is 7. The van der Waals surface area contributed by atoms with E-state index in [0.29, 0.717) is 32.4 Å². The fourth-order valence-corrected chi connectivity index (χ4v) is 3.83. The van der Waals surface area contributed by atoms with Crippen LogP contribution in [0.1, 0.15) is 19.4 Å². The van der Waals surface area contributed by atoms with Crippen molar-refractivity contribution >= 4 is 51.7 Å². The third-order valence-corrected chi connectivity index (χ3v) is 5.22. The maximum absolute atomic E-state index is 12.3. The number of nitrogens with zero attached hydrogens (tertiary/aromatic N) is 1. The second-order valence-electron chi connectivity index (χ2n) is 6.56. The van der Waals surface area contributed by atoms with E-state index < -0.39 is 0 Å². The SMILES string of the molecule is COc1cc(/C=C/C(=O)Nc2nc(-c3ccc(Cl)cc3Cl)cs2)ccc1OC(C)C. The maximum Gasteiger partial charge on any atom is 0.250 e. The van der Waals surface area contributed by atoms with Gasteiger partial charge >= 0.3 is 0 Å². The molecule has 0 fully saturated rings. The second-order valence-corrected chi connectivity index (χ2v) is 8.26. The van der Waals surface area contributed by atoms with Gasteiger partial charge in [0.2, 0.25) is 5.91 Å². The van der Waals surface area contributed by atoms with Crippen molar-refractivity contribution in [2.75, 3.05) is 12.4 Å². The Hall–Kier alpha value is -2.54. The summed E-state index contributed by atoms with van der Waals surface area (Å²) in [5.41, 5.74) is 2.24. The molecule has 0 saturated carbocycles. The molecule has 0 aliphatic carbocycles. The standard InChI is InChI=1S/C22H20Cl2N2O3S/c1-13(2)29-19-8-4-14(10-20(19)28-3)5-9-21(27)26-22-25-18(12-30-22)16-7-6-15(23)11-17(16)24/h4-13H,1-3H3,(H,25,26,27)/b9-5+. The second kappa shape index (κ2) is 9.98. The summed E-state index contributed by atoms with van der Waals surface area (Å²) in [7, 11) is 1.58. The number of carbonyl (C=O) groups excluding carboxylic acids is 1. The zero-order valence-electron chi connectivity index (χ0n) is 16.6. The van der Waals surface area contributed by atoms with Gasteiger partial charge in [-0.3, -0.25) is 10.1 Å². The van der Waals surface area contributed by atoms with Crippen LogP contribution in [0.4, 0.5) is 5.13 Å². The van der Waals surface area contributed by atoms with E-state index in [4.69, 9.17) is 32.7 Å². The molecule has 8 heteroatoms. The zero-order valence-corrected chi connectivity index (χ0v) is 18.9. The quantitative estimate of drug-likeness (QED) is 0.403. The van der Waals surface area contributed by atoms with Crippen LogP contribution < -0.4 is 14.8 Å². The van der Waals surface area contributed by atoms with E-state index in [2.05, 4.69) is 10.3 Å². The van der Waals surface area contributed by atoms with Crippen LogP contribution >= 0.6 is 34.5 Å². The summed E-state index contributed by atoms with van der Waals surface area (Å²) in [6, 6.07) is 10.7. The molecule has 0 spiro atoms. The fraction of sp³-hybridized carbons (Fsp3) is 0.182. The van der Waals surface area contributed by atoms with Gasteiger partial charge in [-0.1, -0.05) is 29.3 Å². The highest BCUT2D eigenvalue weighted by molar-refractivity contribution is 7.14. The predicted molar refractivity (Wildman–Crippen MR) is 124 cm³/mol. The van der Waals surface area contributed by atoms with E-state index >= 15 is 0 Å². The Kier molecular flexibility index (Phi) is 7.37. The highest BCUT2D eigenvalue weighted by Gasteiger charge is 2.10. The number of ether oxygens (including phenoxy) is 2. The summed E-state index contributed by atoms with van der Waals surface area (Å²) in [6.45, 7) is 3.89. The van der Waals surface area contributed by atoms with Gasteiger partial charge in [-0.2, -0.15) is 0 Å². The summed E-state index contributed by atoms with van der Waals surface area (Å²) in [6.07, 6.45) is 3.17. The Balaban J connectivity index is 1.67. The van der Waals surface area contributed by atoms with E-state index in [9.17, 15) is 4.79 Å². The summed E-state index contributed by atoms with van der Waals surface area (Å²) in [5.74, 6) is 0.973. The molecule has 0 atom stereocenters. The summed E-state index contributed by atoms with van der Waals surface area (Å²) in [5, 5.41) is 6.12. The predicted octanol–water partition coefficient (Wildman–Crippen LogP) is 6.56. The number of anilines is 1. The fourth-order valence-electron chi connectivity index (χ4n) is 2.61. The Bertz CT molecular complexity index is 1080. The third-order valence-electron chi connectivity index (χ3n) is 3.92. The van der Waals surface area contributed by atoms with Crippen LogP contribution in [0.25, 0.3) is 17.3 Å². The molecule has 5 nitrogen and oxygen atoms in total. The molecule has 0 unspecified atom stereocenters. The number of hydrogen-bond donors (Lipinski definition) is 1. The molecule has 0 aliphatic rings. The minimum atomic E-state index is -0.292. The first-order valence-corrected chi connectivity index (χ1v) is 10.7. The Morgan fingerprint density at radius 3 is 2.67 bits per heavy atom. The monoisotopic (exact) mass is 462 g/mol. The minimum Gasteiger partial charge on any atom is -0.493 e. The summed E-state index contributed by atoms with van der Waals surface area (Å²) < 4.78 is 11.1. The molecule has 30 heavy (non-hydrogen) atoms. The van der Waals surface area contributed by atoms with Crippen LogP contribution in [0.5, 0.6) is 11.5 Å². The van der Waals surface area contributed by atoms with Gasteiger partial charge in [-0.25, -0.2) is 4.98 Å². The van der Waals surface area contributed by atoms with Gasteiger partial charge in [-0.05, 0) is 55.8 Å². The average molecular weight is 463 g/mol. The van der Waals surface area contributed by atoms with Gasteiger partial charge in [0.25, 0.3) is 0 Å². The molecule has 0 bridgehead atoms. The van der Waals surface area contributed by atoms with Crippen LogP contribution in [0.3, 0.4) is 0 Å². The van der Waals surface area contributed by atoms with E-state index in [1.807, 2.05) is 37.4 Å². The molecule has 0 radical (unpaired) electrons. The summed E-state index contributed by atoms with van der Waals surface area (Å²) >= 11 is 13.5. The zero-order chi connectivity index (χ0) is 21.7. The number of halogens is 2. The molecule has 2 aromatic carbocycles. The molecular weight excluding hydrogens is 443 g/mol. The molecule has 1 amide bonds. The molecule has 3 aromatic rings. The van der Waals surface area contributed by atoms with Crippen molar-refractivity contribution in [1.82, 2.24) is 4.98 Å². The van der Waals surface area contributed by atoms with Crippen LogP contribution in [-0.2, 0) is 4.79 Å². The van der Waals surface area contributed by atoms with Crippen molar-refractivity contribution in [2.45, 2.75) is 20.0 Å². The van der Waals surface area contributed by atoms with E-state index in [0.717, 1.165) is 11.1 Å². The van der Waals surface area contributed by atoms with Gasteiger partial charge in [0.05, 0.1) is 23.9 Å². The number of hydrogen-bond acceptors (Lipinski definition) is 5. The van der Waals surface area contributed by atoms with E-state index in [-0.39, 0.29) is 12.0 Å². The van der Waals surface area contributed by atoms with Crippen molar-refractivity contribution in [3.63, 3.8) is 0 Å². The van der Waals surface area contributed by atoms with Crippen molar-refractivity contribution in [2.24, 2.45) is 0 Å². The lowest BCUT2D eigenvalue weighted by Crippen LogP contribution is -2.07. The first-order valence-electron chi connectivity index (χ1n) is 9.10. The Morgan fingerprint density at radius 1 is 1.17 bits per heavy atom. The number of methoxy groups -OCH3 is 1. The number of nitrogens with one attached hydrogen (secondary N) is 1. The maximum atomic E-state index is 12.3. The Morgan fingerprint density at radius 2 is 1.97 bits per heavy atom. The van der Waals surface area contributed by atoms with Crippen LogP contribution in [0.2, 0.25) is 10.0 Å². The molecule has 1 N–H and O–H groups in total. The first-order chi connectivity index (χ1) is 14.4. The Labute approximate surface area is 189 Å². The lowest BCUT2D eigenvalue weighted by atomic mass is 10.2. The molecule has 0 saturated heterocycles. The van der Waals surface area contributed by atoms with Gasteiger partial charge < -0.3 is 9.47 Å². The average Bonchev–Trinajstić information content (AvgIpc) is 3.14. The van der Waals surface area contributed by atoms with Crippen molar-refractivity contribution in [3.8, 4) is 22.8 Å². The largest absolute Gasteiger partial charge is 0.493 e. The molecule has 1 aromatic heterocycles. The minimum absolute atomic E-state index is 0.0389. The molecule has 1 heterocycles. The summed E-state index contributed by atoms with van der Waals surface area (Å²) in [4.78, 5) is 16.7. The smallest absolute Gasteiger partial charge is 0.250 e.